The highest BCUT2D eigenvalue weighted by Gasteiger charge is 2.70. The minimum absolute atomic E-state index is 0.566. The number of sulfone groups is 1. The van der Waals surface area contributed by atoms with Gasteiger partial charge in [0.2, 0.25) is 0 Å². The molecule has 1 N–H and O–H groups in total. The Labute approximate surface area is 162 Å². The highest BCUT2D eigenvalue weighted by molar-refractivity contribution is 7.94. The summed E-state index contributed by atoms with van der Waals surface area (Å²) in [5.41, 5.74) is 0. The van der Waals surface area contributed by atoms with Crippen molar-refractivity contribution in [2.24, 2.45) is 0 Å². The van der Waals surface area contributed by atoms with Crippen LogP contribution in [0, 0.1) is 0 Å². The van der Waals surface area contributed by atoms with Crippen molar-refractivity contribution in [3.63, 3.8) is 0 Å². The third kappa shape index (κ3) is 5.43. The molecule has 0 unspecified atom stereocenters. The van der Waals surface area contributed by atoms with Gasteiger partial charge in [-0.1, -0.05) is 31.5 Å². The highest BCUT2D eigenvalue weighted by atomic mass is 32.2. The lowest BCUT2D eigenvalue weighted by molar-refractivity contribution is -0.887. The summed E-state index contributed by atoms with van der Waals surface area (Å²) in [6.45, 7) is 6.59. The molecule has 0 amide bonds. The molecular weight excluding hydrogens is 426 g/mol. The van der Waals surface area contributed by atoms with Gasteiger partial charge in [0.25, 0.3) is 9.84 Å². The smallest absolute Gasteiger partial charge is 0.425 e. The van der Waals surface area contributed by atoms with Gasteiger partial charge in [0, 0.05) is 12.8 Å². The number of alkyl halides is 4. The lowest BCUT2D eigenvalue weighted by Crippen LogP contribution is -3.09. The van der Waals surface area contributed by atoms with Crippen LogP contribution in [-0.4, -0.2) is 51.5 Å². The monoisotopic (exact) mass is 449 g/mol. The van der Waals surface area contributed by atoms with E-state index < -0.39 is 35.4 Å². The number of hydrogen-bond donors (Lipinski definition) is 1. The van der Waals surface area contributed by atoms with E-state index in [0.717, 1.165) is 12.1 Å². The van der Waals surface area contributed by atoms with Crippen LogP contribution in [0.15, 0.2) is 35.2 Å². The quantitative estimate of drug-likeness (QED) is 0.505. The van der Waals surface area contributed by atoms with Gasteiger partial charge in [0.05, 0.1) is 24.5 Å². The van der Waals surface area contributed by atoms with Gasteiger partial charge in [-0.15, -0.1) is 0 Å². The molecule has 0 radical (unpaired) electrons. The molecule has 0 bridgehead atoms. The maximum atomic E-state index is 13.2. The number of rotatable bonds is 7. The maximum absolute atomic E-state index is 13.2. The molecule has 1 heterocycles. The van der Waals surface area contributed by atoms with Gasteiger partial charge < -0.3 is 9.45 Å². The Hall–Kier alpha value is -1.24. The van der Waals surface area contributed by atoms with Crippen molar-refractivity contribution in [3.05, 3.63) is 30.3 Å². The molecule has 0 atom stereocenters. The van der Waals surface area contributed by atoms with Gasteiger partial charge in [-0.2, -0.15) is 17.6 Å². The fraction of sp³-hybridized carbons (Fsp3) is 0.625. The Bertz CT molecular complexity index is 824. The molecule has 1 aliphatic rings. The van der Waals surface area contributed by atoms with Crippen LogP contribution in [0.2, 0.25) is 0 Å². The second-order valence-electron chi connectivity index (χ2n) is 6.36. The molecule has 1 saturated heterocycles. The second-order valence-corrected chi connectivity index (χ2v) is 9.78. The summed E-state index contributed by atoms with van der Waals surface area (Å²) in [7, 11) is -12.9. The van der Waals surface area contributed by atoms with Gasteiger partial charge in [0.15, 0.2) is 10.1 Å². The van der Waals surface area contributed by atoms with Crippen LogP contribution < -0.4 is 4.90 Å². The van der Waals surface area contributed by atoms with Gasteiger partial charge in [-0.25, -0.2) is 16.8 Å². The summed E-state index contributed by atoms with van der Waals surface area (Å²) in [5.74, 6) is 0. The fourth-order valence-corrected chi connectivity index (χ4v) is 4.65. The average molecular weight is 449 g/mol. The van der Waals surface area contributed by atoms with Crippen LogP contribution >= 0.6 is 0 Å². The van der Waals surface area contributed by atoms with Crippen molar-refractivity contribution in [3.8, 4) is 0 Å². The zero-order chi connectivity index (χ0) is 21.6. The molecule has 28 heavy (non-hydrogen) atoms. The van der Waals surface area contributed by atoms with Gasteiger partial charge >= 0.3 is 10.5 Å². The van der Waals surface area contributed by atoms with Crippen molar-refractivity contribution in [1.29, 1.82) is 0 Å². The normalized spacial score (nSPS) is 16.5. The summed E-state index contributed by atoms with van der Waals surface area (Å²) in [6, 6.07) is 4.28. The SMILES string of the molecule is CCCC[NH+]1CCCC1.O=S(=O)([O-])C(F)(F)C(F)(F)S(=O)(=O)c1ccccc1. The van der Waals surface area contributed by atoms with E-state index in [4.69, 9.17) is 0 Å². The molecule has 1 fully saturated rings. The molecule has 0 aliphatic carbocycles. The van der Waals surface area contributed by atoms with E-state index in [1.54, 1.807) is 0 Å². The van der Waals surface area contributed by atoms with E-state index in [-0.39, 0.29) is 0 Å². The molecular formula is C16H23F4NO5S2. The van der Waals surface area contributed by atoms with E-state index in [0.29, 0.717) is 12.1 Å². The van der Waals surface area contributed by atoms with Crippen molar-refractivity contribution in [2.75, 3.05) is 19.6 Å². The Morgan fingerprint density at radius 3 is 1.89 bits per heavy atom. The van der Waals surface area contributed by atoms with E-state index in [1.165, 1.54) is 51.4 Å². The largest absolute Gasteiger partial charge is 0.743 e. The van der Waals surface area contributed by atoms with Crippen molar-refractivity contribution < 1.29 is 43.8 Å². The molecule has 2 rings (SSSR count). The van der Waals surface area contributed by atoms with Crippen LogP contribution in [0.1, 0.15) is 32.6 Å². The first kappa shape index (κ1) is 24.8. The number of nitrogens with one attached hydrogen (secondary N) is 1. The molecule has 162 valence electrons. The Morgan fingerprint density at radius 1 is 0.964 bits per heavy atom. The van der Waals surface area contributed by atoms with Crippen LogP contribution in [0.5, 0.6) is 0 Å². The number of quaternary nitrogens is 1. The predicted octanol–water partition coefficient (Wildman–Crippen LogP) is 1.66. The Morgan fingerprint density at radius 2 is 1.46 bits per heavy atom. The van der Waals surface area contributed by atoms with E-state index in [2.05, 4.69) is 6.92 Å². The minimum atomic E-state index is -6.86. The molecule has 1 aromatic carbocycles. The third-order valence-electron chi connectivity index (χ3n) is 4.24. The molecule has 1 aliphatic heterocycles. The van der Waals surface area contributed by atoms with Crippen LogP contribution in [0.3, 0.4) is 0 Å². The van der Waals surface area contributed by atoms with Crippen molar-refractivity contribution >= 4 is 20.0 Å². The third-order valence-corrected chi connectivity index (χ3v) is 7.08. The fourth-order valence-electron chi connectivity index (χ4n) is 2.60. The lowest BCUT2D eigenvalue weighted by atomic mass is 10.3. The zero-order valence-corrected chi connectivity index (χ0v) is 16.8. The highest BCUT2D eigenvalue weighted by Crippen LogP contribution is 2.44. The number of unbranched alkanes of at least 4 members (excludes halogenated alkanes) is 1. The first-order valence-electron chi connectivity index (χ1n) is 8.63. The van der Waals surface area contributed by atoms with Gasteiger partial charge in [-0.3, -0.25) is 0 Å². The summed E-state index contributed by atoms with van der Waals surface area (Å²) in [4.78, 5) is 0.611. The first-order valence-corrected chi connectivity index (χ1v) is 11.5. The minimum Gasteiger partial charge on any atom is -0.743 e. The number of benzene rings is 1. The predicted molar refractivity (Wildman–Crippen MR) is 92.9 cm³/mol. The summed E-state index contributed by atoms with van der Waals surface area (Å²) >= 11 is 0. The molecule has 6 nitrogen and oxygen atoms in total. The number of hydrogen-bond acceptors (Lipinski definition) is 5. The zero-order valence-electron chi connectivity index (χ0n) is 15.2. The average Bonchev–Trinajstić information content (AvgIpc) is 3.13. The van der Waals surface area contributed by atoms with Crippen molar-refractivity contribution in [2.45, 2.75) is 48.0 Å². The molecule has 0 spiro atoms. The Kier molecular flexibility index (Phi) is 8.42. The van der Waals surface area contributed by atoms with Crippen LogP contribution in [-0.2, 0) is 20.0 Å². The standard InChI is InChI=1S/C8H6F4O5S2.C8H17N/c9-7(10,8(11,12)19(15,16)17)18(13,14)6-4-2-1-3-5-6;1-2-3-6-9-7-4-5-8-9/h1-5H,(H,15,16,17);2-8H2,1H3. The van der Waals surface area contributed by atoms with Gasteiger partial charge in [-0.05, 0) is 18.6 Å². The van der Waals surface area contributed by atoms with E-state index >= 15 is 0 Å². The lowest BCUT2D eigenvalue weighted by Gasteiger charge is -2.27. The van der Waals surface area contributed by atoms with E-state index in [9.17, 15) is 39.0 Å². The van der Waals surface area contributed by atoms with Crippen molar-refractivity contribution in [1.82, 2.24) is 0 Å². The maximum Gasteiger partial charge on any atom is 0.425 e. The second kappa shape index (κ2) is 9.51. The summed E-state index contributed by atoms with van der Waals surface area (Å²) in [6.07, 6.45) is 5.73. The molecule has 0 aromatic heterocycles. The molecule has 1 aromatic rings. The Balaban J connectivity index is 0.000000362. The first-order chi connectivity index (χ1) is 12.8. The topological polar surface area (TPSA) is 95.8 Å². The van der Waals surface area contributed by atoms with E-state index in [1.807, 2.05) is 4.90 Å². The summed E-state index contributed by atoms with van der Waals surface area (Å²) in [5, 5.41) is -12.4. The number of halogens is 4. The molecule has 0 saturated carbocycles. The van der Waals surface area contributed by atoms with Crippen LogP contribution in [0.25, 0.3) is 0 Å². The summed E-state index contributed by atoms with van der Waals surface area (Å²) < 4.78 is 105. The van der Waals surface area contributed by atoms with Crippen LogP contribution in [0.4, 0.5) is 17.6 Å². The van der Waals surface area contributed by atoms with Gasteiger partial charge in [0.1, 0.15) is 0 Å². The number of likely N-dealkylation sites (tertiary alicyclic amines) is 1. The molecule has 12 heteroatoms.